The minimum atomic E-state index is -0.0300. The highest BCUT2D eigenvalue weighted by atomic mass is 79.9. The first-order chi connectivity index (χ1) is 6.60. The number of hydrogen-bond donors (Lipinski definition) is 1. The van der Waals surface area contributed by atoms with Crippen LogP contribution < -0.4 is 5.32 Å². The third kappa shape index (κ3) is 1.83. The van der Waals surface area contributed by atoms with Gasteiger partial charge in [-0.2, -0.15) is 0 Å². The van der Waals surface area contributed by atoms with Crippen molar-refractivity contribution in [2.75, 3.05) is 5.33 Å². The van der Waals surface area contributed by atoms with Crippen LogP contribution in [0.2, 0.25) is 0 Å². The van der Waals surface area contributed by atoms with Crippen LogP contribution in [0.5, 0.6) is 0 Å². The smallest absolute Gasteiger partial charge is 0.226 e. The van der Waals surface area contributed by atoms with E-state index in [4.69, 9.17) is 0 Å². The Kier molecular flexibility index (Phi) is 2.63. The van der Waals surface area contributed by atoms with Gasteiger partial charge in [-0.15, -0.1) is 0 Å². The minimum absolute atomic E-state index is 0.0300. The molecule has 0 spiro atoms. The summed E-state index contributed by atoms with van der Waals surface area (Å²) < 4.78 is 0. The van der Waals surface area contributed by atoms with E-state index in [9.17, 15) is 4.79 Å². The van der Waals surface area contributed by atoms with Crippen molar-refractivity contribution in [3.05, 3.63) is 0 Å². The molecule has 0 aromatic carbocycles. The van der Waals surface area contributed by atoms with Crippen LogP contribution in [-0.2, 0) is 4.79 Å². The molecule has 2 aliphatic rings. The van der Waals surface area contributed by atoms with Crippen molar-refractivity contribution in [3.8, 4) is 0 Å². The molecule has 0 unspecified atom stereocenters. The van der Waals surface area contributed by atoms with Gasteiger partial charge in [-0.25, -0.2) is 0 Å². The van der Waals surface area contributed by atoms with Gasteiger partial charge in [0.05, 0.1) is 0 Å². The van der Waals surface area contributed by atoms with Crippen LogP contribution in [0, 0.1) is 5.41 Å². The molecule has 80 valence electrons. The standard InChI is InChI=1S/C11H18BrNO/c1-10(6-7-10)9(14)13-11(8-12)4-2-3-5-11/h2-8H2,1H3,(H,13,14). The van der Waals surface area contributed by atoms with Gasteiger partial charge in [-0.3, -0.25) is 4.79 Å². The van der Waals surface area contributed by atoms with Crippen molar-refractivity contribution in [3.63, 3.8) is 0 Å². The fourth-order valence-corrected chi connectivity index (χ4v) is 2.85. The Morgan fingerprint density at radius 3 is 2.29 bits per heavy atom. The number of carbonyl (C=O) groups is 1. The molecular weight excluding hydrogens is 242 g/mol. The Morgan fingerprint density at radius 1 is 1.29 bits per heavy atom. The maximum Gasteiger partial charge on any atom is 0.226 e. The van der Waals surface area contributed by atoms with Crippen molar-refractivity contribution in [2.24, 2.45) is 5.41 Å². The fourth-order valence-electron chi connectivity index (χ4n) is 2.15. The van der Waals surface area contributed by atoms with Crippen molar-refractivity contribution in [1.29, 1.82) is 0 Å². The molecule has 0 aliphatic heterocycles. The van der Waals surface area contributed by atoms with Gasteiger partial charge in [0.2, 0.25) is 5.91 Å². The zero-order valence-corrected chi connectivity index (χ0v) is 10.3. The molecule has 2 saturated carbocycles. The number of nitrogens with one attached hydrogen (secondary N) is 1. The van der Waals surface area contributed by atoms with Gasteiger partial charge in [0.25, 0.3) is 0 Å². The number of rotatable bonds is 3. The predicted octanol–water partition coefficient (Wildman–Crippen LogP) is 2.61. The SMILES string of the molecule is CC1(C(=O)NC2(CBr)CCCC2)CC1. The quantitative estimate of drug-likeness (QED) is 0.776. The first kappa shape index (κ1) is 10.5. The van der Waals surface area contributed by atoms with Crippen LogP contribution in [-0.4, -0.2) is 16.8 Å². The topological polar surface area (TPSA) is 29.1 Å². The summed E-state index contributed by atoms with van der Waals surface area (Å²) >= 11 is 3.53. The van der Waals surface area contributed by atoms with Crippen LogP contribution in [0.1, 0.15) is 45.4 Å². The highest BCUT2D eigenvalue weighted by Crippen LogP contribution is 2.46. The molecular formula is C11H18BrNO. The Morgan fingerprint density at radius 2 is 1.86 bits per heavy atom. The predicted molar refractivity (Wildman–Crippen MR) is 60.5 cm³/mol. The second-order valence-corrected chi connectivity index (χ2v) is 5.70. The molecule has 2 aliphatic carbocycles. The largest absolute Gasteiger partial charge is 0.349 e. The lowest BCUT2D eigenvalue weighted by Crippen LogP contribution is -2.50. The summed E-state index contributed by atoms with van der Waals surface area (Å²) in [5.74, 6) is 0.277. The third-order valence-electron chi connectivity index (χ3n) is 3.74. The minimum Gasteiger partial charge on any atom is -0.349 e. The summed E-state index contributed by atoms with van der Waals surface area (Å²) in [5.41, 5.74) is 0.0421. The van der Waals surface area contributed by atoms with E-state index < -0.39 is 0 Å². The number of carbonyl (C=O) groups excluding carboxylic acids is 1. The van der Waals surface area contributed by atoms with Crippen LogP contribution in [0.3, 0.4) is 0 Å². The summed E-state index contributed by atoms with van der Waals surface area (Å²) in [6, 6.07) is 0. The molecule has 0 radical (unpaired) electrons. The summed E-state index contributed by atoms with van der Waals surface area (Å²) in [6.45, 7) is 2.07. The van der Waals surface area contributed by atoms with Crippen molar-refractivity contribution in [1.82, 2.24) is 5.32 Å². The van der Waals surface area contributed by atoms with Crippen LogP contribution in [0.15, 0.2) is 0 Å². The van der Waals surface area contributed by atoms with Crippen molar-refractivity contribution < 1.29 is 4.79 Å². The number of amides is 1. The highest BCUT2D eigenvalue weighted by molar-refractivity contribution is 9.09. The first-order valence-corrected chi connectivity index (χ1v) is 6.61. The van der Waals surface area contributed by atoms with Crippen molar-refractivity contribution in [2.45, 2.75) is 51.0 Å². The van der Waals surface area contributed by atoms with Gasteiger partial charge in [0.1, 0.15) is 0 Å². The Labute approximate surface area is 94.0 Å². The average molecular weight is 260 g/mol. The molecule has 2 fully saturated rings. The molecule has 0 saturated heterocycles. The van der Waals surface area contributed by atoms with Gasteiger partial charge in [-0.1, -0.05) is 35.7 Å². The molecule has 0 aromatic rings. The normalized spacial score (nSPS) is 27.3. The van der Waals surface area contributed by atoms with E-state index in [0.717, 1.165) is 31.0 Å². The monoisotopic (exact) mass is 259 g/mol. The van der Waals surface area contributed by atoms with E-state index in [2.05, 4.69) is 28.2 Å². The molecule has 1 amide bonds. The van der Waals surface area contributed by atoms with Crippen molar-refractivity contribution >= 4 is 21.8 Å². The third-order valence-corrected chi connectivity index (χ3v) is 4.82. The summed E-state index contributed by atoms with van der Waals surface area (Å²) in [7, 11) is 0. The second-order valence-electron chi connectivity index (χ2n) is 5.14. The maximum atomic E-state index is 11.9. The average Bonchev–Trinajstić information content (AvgIpc) is 2.78. The fraction of sp³-hybridized carbons (Fsp3) is 0.909. The van der Waals surface area contributed by atoms with Gasteiger partial charge < -0.3 is 5.32 Å². The second kappa shape index (κ2) is 3.51. The molecule has 1 N–H and O–H groups in total. The number of alkyl halides is 1. The van der Waals surface area contributed by atoms with E-state index in [1.807, 2.05) is 0 Å². The van der Waals surface area contributed by atoms with Crippen LogP contribution in [0.4, 0.5) is 0 Å². The van der Waals surface area contributed by atoms with Gasteiger partial charge in [-0.05, 0) is 25.7 Å². The lowest BCUT2D eigenvalue weighted by atomic mass is 9.98. The lowest BCUT2D eigenvalue weighted by molar-refractivity contribution is -0.127. The lowest BCUT2D eigenvalue weighted by Gasteiger charge is -2.29. The molecule has 3 heteroatoms. The summed E-state index contributed by atoms with van der Waals surface area (Å²) in [5, 5.41) is 4.16. The van der Waals surface area contributed by atoms with Crippen LogP contribution >= 0.6 is 15.9 Å². The maximum absolute atomic E-state index is 11.9. The molecule has 14 heavy (non-hydrogen) atoms. The number of hydrogen-bond acceptors (Lipinski definition) is 1. The molecule has 0 aromatic heterocycles. The van der Waals surface area contributed by atoms with E-state index in [1.54, 1.807) is 0 Å². The molecule has 0 atom stereocenters. The van der Waals surface area contributed by atoms with Gasteiger partial charge in [0, 0.05) is 16.3 Å². The van der Waals surface area contributed by atoms with Gasteiger partial charge >= 0.3 is 0 Å². The van der Waals surface area contributed by atoms with Crippen LogP contribution in [0.25, 0.3) is 0 Å². The summed E-state index contributed by atoms with van der Waals surface area (Å²) in [4.78, 5) is 11.9. The zero-order valence-electron chi connectivity index (χ0n) is 8.74. The molecule has 2 nitrogen and oxygen atoms in total. The highest BCUT2D eigenvalue weighted by Gasteiger charge is 2.47. The number of halogens is 1. The molecule has 0 heterocycles. The Balaban J connectivity index is 1.97. The summed E-state index contributed by atoms with van der Waals surface area (Å²) in [6.07, 6.45) is 6.92. The van der Waals surface area contributed by atoms with E-state index in [0.29, 0.717) is 0 Å². The first-order valence-electron chi connectivity index (χ1n) is 5.49. The Bertz CT molecular complexity index is 242. The molecule has 0 bridgehead atoms. The van der Waals surface area contributed by atoms with Gasteiger partial charge in [0.15, 0.2) is 0 Å². The van der Waals surface area contributed by atoms with E-state index in [1.165, 1.54) is 12.8 Å². The van der Waals surface area contributed by atoms with E-state index in [-0.39, 0.29) is 16.9 Å². The zero-order chi connectivity index (χ0) is 10.2. The molecule has 2 rings (SSSR count). The van der Waals surface area contributed by atoms with E-state index >= 15 is 0 Å². The Hall–Kier alpha value is -0.0500.